The van der Waals surface area contributed by atoms with Gasteiger partial charge in [0.1, 0.15) is 11.3 Å². The molecule has 2 fully saturated rings. The largest absolute Gasteiger partial charge is 0.467 e. The number of para-hydroxylation sites is 1. The highest BCUT2D eigenvalue weighted by Crippen LogP contribution is 2.33. The zero-order valence-electron chi connectivity index (χ0n) is 17.4. The van der Waals surface area contributed by atoms with Crippen LogP contribution in [-0.4, -0.2) is 41.0 Å². The third-order valence-corrected chi connectivity index (χ3v) is 5.62. The minimum Gasteiger partial charge on any atom is -0.467 e. The molecular weight excluding hydrogens is 416 g/mol. The van der Waals surface area contributed by atoms with E-state index in [1.807, 2.05) is 0 Å². The molecule has 1 aliphatic heterocycles. The molecule has 1 aromatic heterocycles. The van der Waals surface area contributed by atoms with Crippen LogP contribution in [-0.2, 0) is 20.9 Å². The van der Waals surface area contributed by atoms with Crippen molar-refractivity contribution < 1.29 is 28.3 Å². The van der Waals surface area contributed by atoms with Crippen molar-refractivity contribution in [1.82, 2.24) is 15.8 Å². The Morgan fingerprint density at radius 3 is 2.62 bits per heavy atom. The number of imide groups is 1. The van der Waals surface area contributed by atoms with Crippen LogP contribution in [0.4, 0.5) is 10.5 Å². The molecule has 0 bridgehead atoms. The van der Waals surface area contributed by atoms with E-state index in [-0.39, 0.29) is 5.56 Å². The van der Waals surface area contributed by atoms with Gasteiger partial charge < -0.3 is 19.8 Å². The number of ether oxygens (including phenoxy) is 1. The van der Waals surface area contributed by atoms with E-state index in [1.54, 1.807) is 42.7 Å². The first-order valence-electron chi connectivity index (χ1n) is 10.5. The zero-order chi connectivity index (χ0) is 22.6. The Balaban J connectivity index is 1.32. The molecule has 168 valence electrons. The number of nitrogens with zero attached hydrogens (tertiary/aromatic N) is 1. The lowest BCUT2D eigenvalue weighted by atomic mass is 9.82. The van der Waals surface area contributed by atoms with Gasteiger partial charge in [0.15, 0.2) is 6.61 Å². The molecule has 2 heterocycles. The second-order valence-electron chi connectivity index (χ2n) is 7.80. The summed E-state index contributed by atoms with van der Waals surface area (Å²) in [6.45, 7) is -0.277. The van der Waals surface area contributed by atoms with Crippen LogP contribution in [0.15, 0.2) is 47.1 Å². The number of benzene rings is 1. The van der Waals surface area contributed by atoms with Crippen molar-refractivity contribution in [3.05, 3.63) is 54.0 Å². The van der Waals surface area contributed by atoms with Gasteiger partial charge in [-0.2, -0.15) is 5.01 Å². The average Bonchev–Trinajstić information content (AvgIpc) is 3.40. The van der Waals surface area contributed by atoms with E-state index in [9.17, 15) is 19.2 Å². The maximum atomic E-state index is 12.7. The maximum Gasteiger partial charge on any atom is 0.344 e. The lowest BCUT2D eigenvalue weighted by Crippen LogP contribution is -2.51. The van der Waals surface area contributed by atoms with Crippen molar-refractivity contribution in [2.75, 3.05) is 11.9 Å². The molecule has 3 N–H and O–H groups in total. The second kappa shape index (κ2) is 9.13. The van der Waals surface area contributed by atoms with E-state index in [2.05, 4.69) is 16.1 Å². The van der Waals surface area contributed by atoms with Crippen molar-refractivity contribution in [3.63, 3.8) is 0 Å². The molecule has 1 saturated carbocycles. The van der Waals surface area contributed by atoms with E-state index in [0.29, 0.717) is 35.8 Å². The number of hydrazine groups is 1. The number of nitrogens with one attached hydrogen (secondary N) is 3. The Labute approximate surface area is 184 Å². The van der Waals surface area contributed by atoms with Gasteiger partial charge in [0.05, 0.1) is 18.4 Å². The molecule has 1 aliphatic carbocycles. The number of carbonyl (C=O) groups is 4. The van der Waals surface area contributed by atoms with Gasteiger partial charge in [-0.05, 0) is 37.1 Å². The van der Waals surface area contributed by atoms with E-state index < -0.39 is 36.0 Å². The third-order valence-electron chi connectivity index (χ3n) is 5.62. The Morgan fingerprint density at radius 2 is 1.88 bits per heavy atom. The number of rotatable bonds is 7. The summed E-state index contributed by atoms with van der Waals surface area (Å²) in [7, 11) is 0. The van der Waals surface area contributed by atoms with Gasteiger partial charge in [-0.15, -0.1) is 0 Å². The molecule has 1 aromatic carbocycles. The second-order valence-corrected chi connectivity index (χ2v) is 7.80. The van der Waals surface area contributed by atoms with Gasteiger partial charge in [0, 0.05) is 5.69 Å². The Bertz CT molecular complexity index is 1010. The summed E-state index contributed by atoms with van der Waals surface area (Å²) in [6, 6.07) is 9.58. The molecule has 1 spiro atoms. The van der Waals surface area contributed by atoms with Crippen LogP contribution in [0, 0.1) is 0 Å². The Hall–Kier alpha value is -3.82. The van der Waals surface area contributed by atoms with Crippen LogP contribution in [0.25, 0.3) is 0 Å². The van der Waals surface area contributed by atoms with E-state index in [1.165, 1.54) is 0 Å². The van der Waals surface area contributed by atoms with Gasteiger partial charge in [-0.1, -0.05) is 31.4 Å². The molecule has 0 radical (unpaired) electrons. The Morgan fingerprint density at radius 1 is 1.09 bits per heavy atom. The number of amides is 4. The lowest BCUT2D eigenvalue weighted by molar-refractivity contribution is -0.140. The monoisotopic (exact) mass is 440 g/mol. The average molecular weight is 440 g/mol. The lowest BCUT2D eigenvalue weighted by Gasteiger charge is -2.30. The van der Waals surface area contributed by atoms with Crippen LogP contribution in [0.5, 0.6) is 0 Å². The highest BCUT2D eigenvalue weighted by Gasteiger charge is 2.52. The molecule has 2 aromatic rings. The summed E-state index contributed by atoms with van der Waals surface area (Å²) in [5.41, 5.74) is 2.05. The molecule has 4 rings (SSSR count). The molecule has 10 heteroatoms. The van der Waals surface area contributed by atoms with Crippen LogP contribution >= 0.6 is 0 Å². The van der Waals surface area contributed by atoms with Gasteiger partial charge in [-0.25, -0.2) is 9.59 Å². The standard InChI is InChI=1S/C22H24N4O6/c27-18(25-26-20(29)22(24-21(26)30)10-4-1-5-11-22)14-32-19(28)16-8-2-3-9-17(16)23-13-15-7-6-12-31-15/h2-3,6-9,12,23H,1,4-5,10-11,13-14H2,(H,24,30)(H,25,27). The number of hydrogen-bond donors (Lipinski definition) is 3. The molecule has 0 atom stereocenters. The normalized spacial score (nSPS) is 17.2. The van der Waals surface area contributed by atoms with Gasteiger partial charge >= 0.3 is 12.0 Å². The van der Waals surface area contributed by atoms with Gasteiger partial charge in [-0.3, -0.25) is 15.0 Å². The molecule has 4 amide bonds. The van der Waals surface area contributed by atoms with Gasteiger partial charge in [0.25, 0.3) is 11.8 Å². The molecule has 10 nitrogen and oxygen atoms in total. The summed E-state index contributed by atoms with van der Waals surface area (Å²) in [5.74, 6) is -1.29. The summed E-state index contributed by atoms with van der Waals surface area (Å²) in [6.07, 6.45) is 5.31. The fourth-order valence-corrected chi connectivity index (χ4v) is 3.99. The predicted octanol–water partition coefficient (Wildman–Crippen LogP) is 2.33. The van der Waals surface area contributed by atoms with Crippen LogP contribution < -0.4 is 16.1 Å². The fraction of sp³-hybridized carbons (Fsp3) is 0.364. The number of esters is 1. The van der Waals surface area contributed by atoms with Crippen molar-refractivity contribution in [3.8, 4) is 0 Å². The highest BCUT2D eigenvalue weighted by atomic mass is 16.5. The van der Waals surface area contributed by atoms with Crippen LogP contribution in [0.2, 0.25) is 0 Å². The zero-order valence-corrected chi connectivity index (χ0v) is 17.4. The first-order chi connectivity index (χ1) is 15.5. The van der Waals surface area contributed by atoms with E-state index >= 15 is 0 Å². The molecular formula is C22H24N4O6. The number of carbonyl (C=O) groups excluding carboxylic acids is 4. The van der Waals surface area contributed by atoms with Crippen molar-refractivity contribution in [1.29, 1.82) is 0 Å². The summed E-state index contributed by atoms with van der Waals surface area (Å²) < 4.78 is 10.4. The van der Waals surface area contributed by atoms with Crippen molar-refractivity contribution in [2.45, 2.75) is 44.2 Å². The number of anilines is 1. The first-order valence-corrected chi connectivity index (χ1v) is 10.5. The maximum absolute atomic E-state index is 12.7. The topological polar surface area (TPSA) is 130 Å². The fourth-order valence-electron chi connectivity index (χ4n) is 3.99. The van der Waals surface area contributed by atoms with Crippen LogP contribution in [0.1, 0.15) is 48.2 Å². The molecule has 0 unspecified atom stereocenters. The summed E-state index contributed by atoms with van der Waals surface area (Å²) in [4.78, 5) is 49.7. The SMILES string of the molecule is O=C(COC(=O)c1ccccc1NCc1ccco1)NN1C(=O)NC2(CCCCC2)C1=O. The molecule has 1 saturated heterocycles. The predicted molar refractivity (Wildman–Crippen MR) is 112 cm³/mol. The minimum absolute atomic E-state index is 0.239. The third kappa shape index (κ3) is 4.43. The minimum atomic E-state index is -0.947. The molecule has 32 heavy (non-hydrogen) atoms. The highest BCUT2D eigenvalue weighted by molar-refractivity contribution is 6.08. The van der Waals surface area contributed by atoms with E-state index in [0.717, 1.165) is 19.3 Å². The number of hydrogen-bond acceptors (Lipinski definition) is 7. The molecule has 2 aliphatic rings. The summed E-state index contributed by atoms with van der Waals surface area (Å²) in [5, 5.41) is 6.46. The van der Waals surface area contributed by atoms with Crippen molar-refractivity contribution >= 4 is 29.5 Å². The number of urea groups is 1. The Kier molecular flexibility index (Phi) is 6.11. The smallest absolute Gasteiger partial charge is 0.344 e. The first kappa shape index (κ1) is 21.4. The van der Waals surface area contributed by atoms with E-state index in [4.69, 9.17) is 9.15 Å². The van der Waals surface area contributed by atoms with Gasteiger partial charge in [0.2, 0.25) is 0 Å². The number of furan rings is 1. The quantitative estimate of drug-likeness (QED) is 0.445. The summed E-state index contributed by atoms with van der Waals surface area (Å²) >= 11 is 0. The van der Waals surface area contributed by atoms with Crippen LogP contribution in [0.3, 0.4) is 0 Å². The van der Waals surface area contributed by atoms with Crippen molar-refractivity contribution in [2.24, 2.45) is 0 Å².